The fourth-order valence-corrected chi connectivity index (χ4v) is 2.56. The maximum atomic E-state index is 12.2. The first-order chi connectivity index (χ1) is 10.2. The monoisotopic (exact) mass is 299 g/mol. The van der Waals surface area contributed by atoms with Gasteiger partial charge in [-0.15, -0.1) is 0 Å². The van der Waals surface area contributed by atoms with E-state index in [9.17, 15) is 4.79 Å². The molecule has 4 heteroatoms. The average Bonchev–Trinajstić information content (AvgIpc) is 2.78. The summed E-state index contributed by atoms with van der Waals surface area (Å²) in [7, 11) is 1.91. The lowest BCUT2D eigenvalue weighted by molar-refractivity contribution is -0.117. The van der Waals surface area contributed by atoms with E-state index in [2.05, 4.69) is 43.3 Å². The standard InChI is InChI=1S/C18H25N3O/c1-12-7-14(15-10-19-21(6)11-15)8-13(2)17(12)20-16(22)9-18(3,4)5/h7-8,10-11H,9H2,1-6H3,(H,20,22). The number of carbonyl (C=O) groups excluding carboxylic acids is 1. The van der Waals surface area contributed by atoms with Crippen LogP contribution in [-0.4, -0.2) is 15.7 Å². The number of aryl methyl sites for hydroxylation is 3. The van der Waals surface area contributed by atoms with Gasteiger partial charge in [-0.25, -0.2) is 0 Å². The number of amides is 1. The number of carbonyl (C=O) groups is 1. The zero-order valence-electron chi connectivity index (χ0n) is 14.3. The summed E-state index contributed by atoms with van der Waals surface area (Å²) in [5.74, 6) is 0.0628. The maximum absolute atomic E-state index is 12.2. The SMILES string of the molecule is Cc1cc(-c2cnn(C)c2)cc(C)c1NC(=O)CC(C)(C)C. The van der Waals surface area contributed by atoms with Crippen LogP contribution in [0.25, 0.3) is 11.1 Å². The zero-order chi connectivity index (χ0) is 16.5. The second-order valence-electron chi connectivity index (χ2n) is 7.17. The highest BCUT2D eigenvalue weighted by Gasteiger charge is 2.17. The molecule has 1 aromatic carbocycles. The Kier molecular flexibility index (Phi) is 4.40. The van der Waals surface area contributed by atoms with E-state index in [1.165, 1.54) is 0 Å². The van der Waals surface area contributed by atoms with Crippen molar-refractivity contribution in [1.29, 1.82) is 0 Å². The number of nitrogens with one attached hydrogen (secondary N) is 1. The first kappa shape index (κ1) is 16.3. The third-order valence-electron chi connectivity index (χ3n) is 3.53. The second kappa shape index (κ2) is 5.95. The molecule has 1 heterocycles. The Balaban J connectivity index is 2.26. The molecule has 0 fully saturated rings. The molecule has 1 N–H and O–H groups in total. The molecule has 0 saturated heterocycles. The molecule has 0 radical (unpaired) electrons. The highest BCUT2D eigenvalue weighted by Crippen LogP contribution is 2.29. The van der Waals surface area contributed by atoms with Crippen LogP contribution in [0.3, 0.4) is 0 Å². The molecule has 0 saturated carbocycles. The van der Waals surface area contributed by atoms with E-state index in [0.717, 1.165) is 27.9 Å². The molecule has 1 aromatic heterocycles. The maximum Gasteiger partial charge on any atom is 0.224 e. The van der Waals surface area contributed by atoms with Crippen molar-refractivity contribution in [2.45, 2.75) is 41.0 Å². The lowest BCUT2D eigenvalue weighted by Gasteiger charge is -2.19. The molecule has 118 valence electrons. The molecule has 2 aromatic rings. The normalized spacial score (nSPS) is 11.5. The Morgan fingerprint density at radius 1 is 1.18 bits per heavy atom. The van der Waals surface area contributed by atoms with Gasteiger partial charge >= 0.3 is 0 Å². The van der Waals surface area contributed by atoms with Crippen molar-refractivity contribution in [2.75, 3.05) is 5.32 Å². The predicted octanol–water partition coefficient (Wildman–Crippen LogP) is 4.08. The number of hydrogen-bond acceptors (Lipinski definition) is 2. The fraction of sp³-hybridized carbons (Fsp3) is 0.444. The van der Waals surface area contributed by atoms with Gasteiger partial charge in [0, 0.05) is 30.9 Å². The van der Waals surface area contributed by atoms with Crippen molar-refractivity contribution in [3.63, 3.8) is 0 Å². The molecule has 0 aliphatic rings. The quantitative estimate of drug-likeness (QED) is 0.928. The van der Waals surface area contributed by atoms with Crippen molar-refractivity contribution in [1.82, 2.24) is 9.78 Å². The molecule has 0 aliphatic carbocycles. The topological polar surface area (TPSA) is 46.9 Å². The molecule has 4 nitrogen and oxygen atoms in total. The van der Waals surface area contributed by atoms with Crippen LogP contribution in [-0.2, 0) is 11.8 Å². The molecule has 0 unspecified atom stereocenters. The average molecular weight is 299 g/mol. The summed E-state index contributed by atoms with van der Waals surface area (Å²) in [4.78, 5) is 12.2. The van der Waals surface area contributed by atoms with Crippen LogP contribution in [0.15, 0.2) is 24.5 Å². The van der Waals surface area contributed by atoms with Gasteiger partial charge in [-0.3, -0.25) is 9.48 Å². The van der Waals surface area contributed by atoms with Crippen molar-refractivity contribution in [3.8, 4) is 11.1 Å². The molecule has 1 amide bonds. The Labute approximate surface area is 132 Å². The van der Waals surface area contributed by atoms with E-state index < -0.39 is 0 Å². The third-order valence-corrected chi connectivity index (χ3v) is 3.53. The molecule has 0 spiro atoms. The van der Waals surface area contributed by atoms with Gasteiger partial charge in [0.25, 0.3) is 0 Å². The zero-order valence-corrected chi connectivity index (χ0v) is 14.3. The molecule has 22 heavy (non-hydrogen) atoms. The largest absolute Gasteiger partial charge is 0.326 e. The van der Waals surface area contributed by atoms with Crippen LogP contribution >= 0.6 is 0 Å². The molecule has 2 rings (SSSR count). The summed E-state index contributed by atoms with van der Waals surface area (Å²) in [6.07, 6.45) is 4.36. The van der Waals surface area contributed by atoms with E-state index >= 15 is 0 Å². The highest BCUT2D eigenvalue weighted by atomic mass is 16.1. The van der Waals surface area contributed by atoms with Gasteiger partial charge in [-0.05, 0) is 48.1 Å². The fourth-order valence-electron chi connectivity index (χ4n) is 2.56. The number of anilines is 1. The Morgan fingerprint density at radius 2 is 1.77 bits per heavy atom. The smallest absolute Gasteiger partial charge is 0.224 e. The number of hydrogen-bond donors (Lipinski definition) is 1. The first-order valence-electron chi connectivity index (χ1n) is 7.56. The third kappa shape index (κ3) is 3.97. The minimum absolute atomic E-state index is 0.0124. The molecule has 0 aliphatic heterocycles. The summed E-state index contributed by atoms with van der Waals surface area (Å²) >= 11 is 0. The van der Waals surface area contributed by atoms with Crippen LogP contribution in [0, 0.1) is 19.3 Å². The van der Waals surface area contributed by atoms with Gasteiger partial charge in [-0.2, -0.15) is 5.10 Å². The number of rotatable bonds is 3. The Morgan fingerprint density at radius 3 is 2.23 bits per heavy atom. The minimum Gasteiger partial charge on any atom is -0.326 e. The Bertz CT molecular complexity index is 670. The van der Waals surface area contributed by atoms with Gasteiger partial charge < -0.3 is 5.32 Å². The van der Waals surface area contributed by atoms with Crippen molar-refractivity contribution in [2.24, 2.45) is 12.5 Å². The van der Waals surface area contributed by atoms with Crippen LogP contribution in [0.1, 0.15) is 38.3 Å². The number of nitrogens with zero attached hydrogens (tertiary/aromatic N) is 2. The van der Waals surface area contributed by atoms with Crippen LogP contribution < -0.4 is 5.32 Å². The van der Waals surface area contributed by atoms with E-state index in [0.29, 0.717) is 6.42 Å². The van der Waals surface area contributed by atoms with Crippen LogP contribution in [0.4, 0.5) is 5.69 Å². The highest BCUT2D eigenvalue weighted by molar-refractivity contribution is 5.93. The molecular weight excluding hydrogens is 274 g/mol. The van der Waals surface area contributed by atoms with Gasteiger partial charge in [0.15, 0.2) is 0 Å². The van der Waals surface area contributed by atoms with Gasteiger partial charge in [0.05, 0.1) is 6.20 Å². The summed E-state index contributed by atoms with van der Waals surface area (Å²) < 4.78 is 1.79. The first-order valence-corrected chi connectivity index (χ1v) is 7.56. The van der Waals surface area contributed by atoms with E-state index in [1.807, 2.05) is 33.3 Å². The summed E-state index contributed by atoms with van der Waals surface area (Å²) in [5, 5.41) is 7.27. The lowest BCUT2D eigenvalue weighted by atomic mass is 9.91. The Hall–Kier alpha value is -2.10. The van der Waals surface area contributed by atoms with Gasteiger partial charge in [0.2, 0.25) is 5.91 Å². The van der Waals surface area contributed by atoms with E-state index in [4.69, 9.17) is 0 Å². The van der Waals surface area contributed by atoms with Crippen molar-refractivity contribution >= 4 is 11.6 Å². The minimum atomic E-state index is -0.0124. The predicted molar refractivity (Wildman–Crippen MR) is 90.8 cm³/mol. The summed E-state index contributed by atoms with van der Waals surface area (Å²) in [6, 6.07) is 4.19. The molecule has 0 bridgehead atoms. The summed E-state index contributed by atoms with van der Waals surface area (Å²) in [6.45, 7) is 10.3. The second-order valence-corrected chi connectivity index (χ2v) is 7.17. The van der Waals surface area contributed by atoms with Gasteiger partial charge in [-0.1, -0.05) is 20.8 Å². The van der Waals surface area contributed by atoms with Crippen molar-refractivity contribution in [3.05, 3.63) is 35.7 Å². The summed E-state index contributed by atoms with van der Waals surface area (Å²) in [5.41, 5.74) is 5.25. The van der Waals surface area contributed by atoms with Gasteiger partial charge in [0.1, 0.15) is 0 Å². The van der Waals surface area contributed by atoms with E-state index in [-0.39, 0.29) is 11.3 Å². The molecule has 0 atom stereocenters. The van der Waals surface area contributed by atoms with Crippen LogP contribution in [0.5, 0.6) is 0 Å². The number of aromatic nitrogens is 2. The van der Waals surface area contributed by atoms with E-state index in [1.54, 1.807) is 4.68 Å². The molecular formula is C18H25N3O. The number of benzene rings is 1. The van der Waals surface area contributed by atoms with Crippen LogP contribution in [0.2, 0.25) is 0 Å². The van der Waals surface area contributed by atoms with Crippen molar-refractivity contribution < 1.29 is 4.79 Å². The lowest BCUT2D eigenvalue weighted by Crippen LogP contribution is -2.20.